The Morgan fingerprint density at radius 1 is 1.24 bits per heavy atom. The van der Waals surface area contributed by atoms with Crippen molar-refractivity contribution in [2.75, 3.05) is 24.3 Å². The van der Waals surface area contributed by atoms with Crippen LogP contribution in [0, 0.1) is 12.8 Å². The highest BCUT2D eigenvalue weighted by Crippen LogP contribution is 2.56. The van der Waals surface area contributed by atoms with Crippen molar-refractivity contribution in [3.8, 4) is 0 Å². The number of benzene rings is 1. The maximum Gasteiger partial charge on any atom is 0.329 e. The lowest BCUT2D eigenvalue weighted by atomic mass is 9.87. The van der Waals surface area contributed by atoms with Crippen LogP contribution in [-0.4, -0.2) is 48.1 Å². The highest BCUT2D eigenvalue weighted by molar-refractivity contribution is 8.01. The molecule has 156 valence electrons. The van der Waals surface area contributed by atoms with Gasteiger partial charge in [0.15, 0.2) is 4.87 Å². The smallest absolute Gasteiger partial charge is 0.329 e. The molecule has 4 rings (SSSR count). The van der Waals surface area contributed by atoms with Crippen LogP contribution in [-0.2, 0) is 24.0 Å². The Morgan fingerprint density at radius 3 is 2.66 bits per heavy atom. The molecular formula is C22H28N2O4S. The number of amides is 2. The molecule has 2 amide bonds. The minimum atomic E-state index is -1.18. The van der Waals surface area contributed by atoms with Gasteiger partial charge in [-0.05, 0) is 32.8 Å². The molecule has 3 aliphatic rings. The van der Waals surface area contributed by atoms with Gasteiger partial charge < -0.3 is 14.5 Å². The summed E-state index contributed by atoms with van der Waals surface area (Å²) in [6.07, 6.45) is 4.79. The molecule has 2 atom stereocenters. The number of nitrogens with zero attached hydrogens (tertiary/aromatic N) is 2. The number of hydrogen-bond donors (Lipinski definition) is 0. The molecule has 0 radical (unpaired) electrons. The standard InChI is InChI=1S/C22H28N2O4S/c1-4-28-20(26)18-13-29-22(24(18)19(25)15-8-6-5-7-9-15)16-12-14(2)10-11-17(16)23(3)21(22)27/h10-12,15,18H,4-9,13H2,1-3H3/t18-,22-/m0/s1. The van der Waals surface area contributed by atoms with Crippen molar-refractivity contribution in [3.05, 3.63) is 29.3 Å². The second-order valence-electron chi connectivity index (χ2n) is 8.15. The lowest BCUT2D eigenvalue weighted by molar-refractivity contribution is -0.159. The third kappa shape index (κ3) is 3.05. The second kappa shape index (κ2) is 7.67. The van der Waals surface area contributed by atoms with Gasteiger partial charge in [0.05, 0.1) is 12.3 Å². The minimum absolute atomic E-state index is 0.0798. The first kappa shape index (κ1) is 20.3. The van der Waals surface area contributed by atoms with E-state index in [9.17, 15) is 14.4 Å². The number of thioether (sulfide) groups is 1. The maximum atomic E-state index is 13.8. The van der Waals surface area contributed by atoms with E-state index in [1.807, 2.05) is 25.1 Å². The molecule has 1 saturated carbocycles. The number of esters is 1. The number of hydrogen-bond acceptors (Lipinski definition) is 5. The van der Waals surface area contributed by atoms with Gasteiger partial charge in [-0.25, -0.2) is 4.79 Å². The summed E-state index contributed by atoms with van der Waals surface area (Å²) in [7, 11) is 1.74. The Balaban J connectivity index is 1.83. The van der Waals surface area contributed by atoms with Gasteiger partial charge in [0.2, 0.25) is 5.91 Å². The lowest BCUT2D eigenvalue weighted by Gasteiger charge is -2.38. The van der Waals surface area contributed by atoms with Crippen molar-refractivity contribution in [3.63, 3.8) is 0 Å². The van der Waals surface area contributed by atoms with Crippen LogP contribution in [0.4, 0.5) is 5.69 Å². The summed E-state index contributed by atoms with van der Waals surface area (Å²) in [6.45, 7) is 3.99. The van der Waals surface area contributed by atoms with Gasteiger partial charge in [0.25, 0.3) is 5.91 Å². The zero-order valence-corrected chi connectivity index (χ0v) is 18.1. The summed E-state index contributed by atoms with van der Waals surface area (Å²) < 4.78 is 5.30. The van der Waals surface area contributed by atoms with Crippen molar-refractivity contribution in [1.82, 2.24) is 4.90 Å². The molecule has 0 N–H and O–H groups in total. The average Bonchev–Trinajstić information content (AvgIpc) is 3.22. The molecule has 1 spiro atoms. The van der Waals surface area contributed by atoms with Gasteiger partial charge in [-0.1, -0.05) is 37.0 Å². The van der Waals surface area contributed by atoms with Gasteiger partial charge >= 0.3 is 5.97 Å². The maximum absolute atomic E-state index is 13.8. The quantitative estimate of drug-likeness (QED) is 0.708. The molecular weight excluding hydrogens is 388 g/mol. The Morgan fingerprint density at radius 2 is 1.97 bits per heavy atom. The molecule has 0 aromatic heterocycles. The molecule has 1 aromatic carbocycles. The number of carbonyl (C=O) groups is 3. The van der Waals surface area contributed by atoms with E-state index in [1.165, 1.54) is 11.8 Å². The monoisotopic (exact) mass is 416 g/mol. The zero-order chi connectivity index (χ0) is 20.8. The minimum Gasteiger partial charge on any atom is -0.464 e. The van der Waals surface area contributed by atoms with Crippen molar-refractivity contribution in [1.29, 1.82) is 0 Å². The largest absolute Gasteiger partial charge is 0.464 e. The first-order valence-electron chi connectivity index (χ1n) is 10.4. The summed E-state index contributed by atoms with van der Waals surface area (Å²) in [6, 6.07) is 5.15. The van der Waals surface area contributed by atoms with Crippen LogP contribution in [0.5, 0.6) is 0 Å². The van der Waals surface area contributed by atoms with Crippen LogP contribution in [0.1, 0.15) is 50.2 Å². The molecule has 1 saturated heterocycles. The van der Waals surface area contributed by atoms with Crippen LogP contribution >= 0.6 is 11.8 Å². The molecule has 0 bridgehead atoms. The van der Waals surface area contributed by atoms with Crippen LogP contribution in [0.2, 0.25) is 0 Å². The fraction of sp³-hybridized carbons (Fsp3) is 0.591. The number of carbonyl (C=O) groups excluding carboxylic acids is 3. The summed E-state index contributed by atoms with van der Waals surface area (Å²) in [4.78, 5) is 42.2. The summed E-state index contributed by atoms with van der Waals surface area (Å²) >= 11 is 1.39. The highest BCUT2D eigenvalue weighted by Gasteiger charge is 2.63. The number of likely N-dealkylation sites (N-methyl/N-ethyl adjacent to an activating group) is 1. The van der Waals surface area contributed by atoms with Crippen LogP contribution in [0.3, 0.4) is 0 Å². The Hall–Kier alpha value is -2.02. The molecule has 6 nitrogen and oxygen atoms in total. The third-order valence-electron chi connectivity index (χ3n) is 6.32. The van der Waals surface area contributed by atoms with E-state index in [1.54, 1.807) is 23.8 Å². The van der Waals surface area contributed by atoms with Crippen LogP contribution < -0.4 is 4.90 Å². The molecule has 1 aliphatic carbocycles. The van der Waals surface area contributed by atoms with E-state index in [0.29, 0.717) is 5.75 Å². The molecule has 2 fully saturated rings. The fourth-order valence-electron chi connectivity index (χ4n) is 4.87. The van der Waals surface area contributed by atoms with Crippen molar-refractivity contribution < 1.29 is 19.1 Å². The van der Waals surface area contributed by atoms with Gasteiger partial charge in [0.1, 0.15) is 6.04 Å². The predicted octanol–water partition coefficient (Wildman–Crippen LogP) is 3.21. The number of anilines is 1. The molecule has 2 aliphatic heterocycles. The summed E-state index contributed by atoms with van der Waals surface area (Å²) in [5.41, 5.74) is 2.64. The van der Waals surface area contributed by atoms with Gasteiger partial charge in [0, 0.05) is 24.3 Å². The highest BCUT2D eigenvalue weighted by atomic mass is 32.2. The first-order chi connectivity index (χ1) is 13.9. The van der Waals surface area contributed by atoms with Gasteiger partial charge in [-0.2, -0.15) is 0 Å². The van der Waals surface area contributed by atoms with Crippen LogP contribution in [0.15, 0.2) is 18.2 Å². The van der Waals surface area contributed by atoms with E-state index in [-0.39, 0.29) is 24.3 Å². The van der Waals surface area contributed by atoms with Gasteiger partial charge in [-0.3, -0.25) is 9.59 Å². The normalized spacial score (nSPS) is 26.9. The second-order valence-corrected chi connectivity index (χ2v) is 9.36. The molecule has 29 heavy (non-hydrogen) atoms. The van der Waals surface area contributed by atoms with E-state index in [2.05, 4.69) is 0 Å². The number of ether oxygens (including phenoxy) is 1. The van der Waals surface area contributed by atoms with E-state index >= 15 is 0 Å². The number of fused-ring (bicyclic) bond motifs is 2. The third-order valence-corrected chi connectivity index (χ3v) is 7.82. The Kier molecular flexibility index (Phi) is 5.36. The topological polar surface area (TPSA) is 66.9 Å². The van der Waals surface area contributed by atoms with Crippen LogP contribution in [0.25, 0.3) is 0 Å². The van der Waals surface area contributed by atoms with Crippen molar-refractivity contribution in [2.45, 2.75) is 56.9 Å². The first-order valence-corrected chi connectivity index (χ1v) is 11.4. The van der Waals surface area contributed by atoms with Crippen molar-refractivity contribution >= 4 is 35.2 Å². The fourth-order valence-corrected chi connectivity index (χ4v) is 6.49. The summed E-state index contributed by atoms with van der Waals surface area (Å²) in [5.74, 6) is -0.423. The molecule has 1 aromatic rings. The van der Waals surface area contributed by atoms with E-state index in [4.69, 9.17) is 4.74 Å². The number of rotatable bonds is 3. The average molecular weight is 417 g/mol. The number of aryl methyl sites for hydroxylation is 1. The van der Waals surface area contributed by atoms with Gasteiger partial charge in [-0.15, -0.1) is 11.8 Å². The molecule has 7 heteroatoms. The Labute approximate surface area is 175 Å². The predicted molar refractivity (Wildman–Crippen MR) is 113 cm³/mol. The lowest BCUT2D eigenvalue weighted by Crippen LogP contribution is -2.56. The zero-order valence-electron chi connectivity index (χ0n) is 17.3. The van der Waals surface area contributed by atoms with E-state index in [0.717, 1.165) is 48.9 Å². The Bertz CT molecular complexity index is 851. The SMILES string of the molecule is CCOC(=O)[C@@H]1CS[C@@]2(C(=O)N(C)c3ccc(C)cc32)N1C(=O)C1CCCCC1. The van der Waals surface area contributed by atoms with Crippen molar-refractivity contribution in [2.24, 2.45) is 5.92 Å². The molecule has 0 unspecified atom stereocenters. The van der Waals surface area contributed by atoms with E-state index < -0.39 is 16.9 Å². The molecule has 2 heterocycles. The summed E-state index contributed by atoms with van der Waals surface area (Å²) in [5, 5.41) is 0.